The second-order valence-corrected chi connectivity index (χ2v) is 4.44. The van der Waals surface area contributed by atoms with E-state index in [0.29, 0.717) is 0 Å². The van der Waals surface area contributed by atoms with Gasteiger partial charge in [0.15, 0.2) is 0 Å². The fourth-order valence-electron chi connectivity index (χ4n) is 2.55. The minimum atomic E-state index is 0.995. The summed E-state index contributed by atoms with van der Waals surface area (Å²) in [6, 6.07) is 18.6. The van der Waals surface area contributed by atoms with Crippen molar-refractivity contribution in [1.82, 2.24) is 14.5 Å². The van der Waals surface area contributed by atoms with Crippen LogP contribution < -0.4 is 0 Å². The molecule has 0 saturated carbocycles. The molecule has 0 N–H and O–H groups in total. The maximum atomic E-state index is 4.42. The Kier molecular flexibility index (Phi) is 2.12. The van der Waals surface area contributed by atoms with Crippen LogP contribution in [0.5, 0.6) is 0 Å². The van der Waals surface area contributed by atoms with Gasteiger partial charge in [-0.2, -0.15) is 0 Å². The second-order valence-electron chi connectivity index (χ2n) is 4.44. The zero-order valence-corrected chi connectivity index (χ0v) is 10.2. The average molecular weight is 245 g/mol. The molecular weight excluding hydrogens is 234 g/mol. The standard InChI is InChI=1S/C16H11N3/c1-2-6-12(7-3-1)19-14-9-5-4-8-13(14)16-15(19)10-17-11-18-16/h1-11H. The van der Waals surface area contributed by atoms with E-state index in [0.717, 1.165) is 27.6 Å². The summed E-state index contributed by atoms with van der Waals surface area (Å²) in [6.07, 6.45) is 3.47. The molecule has 3 heteroatoms. The lowest BCUT2D eigenvalue weighted by Crippen LogP contribution is -1.93. The fourth-order valence-corrected chi connectivity index (χ4v) is 2.55. The summed E-state index contributed by atoms with van der Waals surface area (Å²) >= 11 is 0. The maximum Gasteiger partial charge on any atom is 0.116 e. The summed E-state index contributed by atoms with van der Waals surface area (Å²) < 4.78 is 2.20. The van der Waals surface area contributed by atoms with Crippen molar-refractivity contribution in [3.05, 3.63) is 67.1 Å². The molecule has 4 aromatic rings. The molecule has 0 spiro atoms. The normalized spacial score (nSPS) is 11.2. The van der Waals surface area contributed by atoms with E-state index in [1.807, 2.05) is 36.5 Å². The summed E-state index contributed by atoms with van der Waals surface area (Å²) in [7, 11) is 0. The Labute approximate surface area is 110 Å². The smallest absolute Gasteiger partial charge is 0.116 e. The topological polar surface area (TPSA) is 30.7 Å². The Morgan fingerprint density at radius 2 is 1.58 bits per heavy atom. The highest BCUT2D eigenvalue weighted by Gasteiger charge is 2.11. The predicted octanol–water partition coefficient (Wildman–Crippen LogP) is 3.57. The predicted molar refractivity (Wildman–Crippen MR) is 76.4 cm³/mol. The van der Waals surface area contributed by atoms with Gasteiger partial charge in [0.05, 0.1) is 22.7 Å². The zero-order chi connectivity index (χ0) is 12.7. The van der Waals surface area contributed by atoms with Crippen LogP contribution in [0.3, 0.4) is 0 Å². The summed E-state index contributed by atoms with van der Waals surface area (Å²) in [5, 5.41) is 1.16. The number of fused-ring (bicyclic) bond motifs is 3. The van der Waals surface area contributed by atoms with Crippen LogP contribution in [-0.2, 0) is 0 Å². The van der Waals surface area contributed by atoms with Crippen LogP contribution in [0.2, 0.25) is 0 Å². The Balaban J connectivity index is 2.24. The molecule has 0 fully saturated rings. The molecule has 0 radical (unpaired) electrons. The largest absolute Gasteiger partial charge is 0.306 e. The number of para-hydroxylation sites is 2. The fraction of sp³-hybridized carbons (Fsp3) is 0. The van der Waals surface area contributed by atoms with Crippen molar-refractivity contribution in [2.24, 2.45) is 0 Å². The number of rotatable bonds is 1. The molecule has 0 unspecified atom stereocenters. The van der Waals surface area contributed by atoms with Crippen molar-refractivity contribution < 1.29 is 0 Å². The maximum absolute atomic E-state index is 4.42. The highest BCUT2D eigenvalue weighted by molar-refractivity contribution is 6.06. The molecule has 0 aliphatic heterocycles. The molecule has 19 heavy (non-hydrogen) atoms. The number of nitrogens with zero attached hydrogens (tertiary/aromatic N) is 3. The van der Waals surface area contributed by atoms with Gasteiger partial charge in [-0.15, -0.1) is 0 Å². The summed E-state index contributed by atoms with van der Waals surface area (Å²) in [5.74, 6) is 0. The number of hydrogen-bond donors (Lipinski definition) is 0. The third-order valence-electron chi connectivity index (χ3n) is 3.35. The zero-order valence-electron chi connectivity index (χ0n) is 10.2. The SMILES string of the molecule is c1ccc(-n2c3ccccc3c3ncncc32)cc1. The van der Waals surface area contributed by atoms with E-state index in [1.165, 1.54) is 0 Å². The molecule has 4 rings (SSSR count). The molecular formula is C16H11N3. The number of aromatic nitrogens is 3. The lowest BCUT2D eigenvalue weighted by Gasteiger charge is -2.06. The van der Waals surface area contributed by atoms with E-state index in [4.69, 9.17) is 0 Å². The van der Waals surface area contributed by atoms with Crippen LogP contribution in [0, 0.1) is 0 Å². The molecule has 2 aromatic heterocycles. The lowest BCUT2D eigenvalue weighted by molar-refractivity contribution is 1.14. The molecule has 0 aliphatic carbocycles. The van der Waals surface area contributed by atoms with Crippen molar-refractivity contribution in [2.75, 3.05) is 0 Å². The first-order valence-corrected chi connectivity index (χ1v) is 6.20. The Bertz CT molecular complexity index is 810. The molecule has 3 nitrogen and oxygen atoms in total. The first kappa shape index (κ1) is 10.3. The second kappa shape index (κ2) is 3.92. The van der Waals surface area contributed by atoms with Gasteiger partial charge in [0, 0.05) is 11.1 Å². The summed E-state index contributed by atoms with van der Waals surface area (Å²) in [5.41, 5.74) is 4.32. The van der Waals surface area contributed by atoms with Gasteiger partial charge in [-0.3, -0.25) is 0 Å². The molecule has 0 atom stereocenters. The van der Waals surface area contributed by atoms with E-state index >= 15 is 0 Å². The van der Waals surface area contributed by atoms with Gasteiger partial charge in [-0.05, 0) is 18.2 Å². The number of hydrogen-bond acceptors (Lipinski definition) is 2. The van der Waals surface area contributed by atoms with Crippen LogP contribution in [-0.4, -0.2) is 14.5 Å². The van der Waals surface area contributed by atoms with Gasteiger partial charge in [0.25, 0.3) is 0 Å². The van der Waals surface area contributed by atoms with Crippen LogP contribution in [0.1, 0.15) is 0 Å². The third-order valence-corrected chi connectivity index (χ3v) is 3.35. The van der Waals surface area contributed by atoms with E-state index in [2.05, 4.69) is 38.8 Å². The monoisotopic (exact) mass is 245 g/mol. The van der Waals surface area contributed by atoms with Crippen LogP contribution in [0.25, 0.3) is 27.6 Å². The van der Waals surface area contributed by atoms with Crippen LogP contribution in [0.4, 0.5) is 0 Å². The molecule has 2 heterocycles. The van der Waals surface area contributed by atoms with Crippen LogP contribution in [0.15, 0.2) is 67.1 Å². The van der Waals surface area contributed by atoms with Crippen molar-refractivity contribution in [3.8, 4) is 5.69 Å². The molecule has 0 amide bonds. The Hall–Kier alpha value is -2.68. The van der Waals surface area contributed by atoms with E-state index in [-0.39, 0.29) is 0 Å². The third kappa shape index (κ3) is 1.45. The first-order chi connectivity index (χ1) is 9.45. The van der Waals surface area contributed by atoms with Gasteiger partial charge >= 0.3 is 0 Å². The van der Waals surface area contributed by atoms with Crippen molar-refractivity contribution >= 4 is 21.9 Å². The number of benzene rings is 2. The van der Waals surface area contributed by atoms with Gasteiger partial charge in [0.2, 0.25) is 0 Å². The lowest BCUT2D eigenvalue weighted by atomic mass is 10.2. The molecule has 90 valence electrons. The van der Waals surface area contributed by atoms with Crippen molar-refractivity contribution in [2.45, 2.75) is 0 Å². The van der Waals surface area contributed by atoms with Gasteiger partial charge in [-0.25, -0.2) is 9.97 Å². The quantitative estimate of drug-likeness (QED) is 0.513. The van der Waals surface area contributed by atoms with E-state index in [1.54, 1.807) is 6.33 Å². The first-order valence-electron chi connectivity index (χ1n) is 6.20. The van der Waals surface area contributed by atoms with Gasteiger partial charge in [-0.1, -0.05) is 36.4 Å². The van der Waals surface area contributed by atoms with E-state index in [9.17, 15) is 0 Å². The van der Waals surface area contributed by atoms with Crippen molar-refractivity contribution in [3.63, 3.8) is 0 Å². The minimum Gasteiger partial charge on any atom is -0.306 e. The molecule has 0 aliphatic rings. The molecule has 2 aromatic carbocycles. The molecule has 0 saturated heterocycles. The summed E-state index contributed by atoms with van der Waals surface area (Å²) in [4.78, 5) is 8.59. The Morgan fingerprint density at radius 1 is 0.789 bits per heavy atom. The highest BCUT2D eigenvalue weighted by atomic mass is 15.0. The van der Waals surface area contributed by atoms with Gasteiger partial charge < -0.3 is 4.57 Å². The average Bonchev–Trinajstić information content (AvgIpc) is 2.83. The minimum absolute atomic E-state index is 0.995. The van der Waals surface area contributed by atoms with E-state index < -0.39 is 0 Å². The van der Waals surface area contributed by atoms with Crippen LogP contribution >= 0.6 is 0 Å². The summed E-state index contributed by atoms with van der Waals surface area (Å²) in [6.45, 7) is 0. The van der Waals surface area contributed by atoms with Gasteiger partial charge in [0.1, 0.15) is 6.33 Å². The Morgan fingerprint density at radius 3 is 2.47 bits per heavy atom. The highest BCUT2D eigenvalue weighted by Crippen LogP contribution is 2.29. The van der Waals surface area contributed by atoms with Crippen molar-refractivity contribution in [1.29, 1.82) is 0 Å². The molecule has 0 bridgehead atoms.